The molecule has 0 spiro atoms. The van der Waals surface area contributed by atoms with Crippen LogP contribution in [0.5, 0.6) is 0 Å². The second kappa shape index (κ2) is 5.43. The lowest BCUT2D eigenvalue weighted by molar-refractivity contribution is 0.644. The van der Waals surface area contributed by atoms with Gasteiger partial charge in [0.15, 0.2) is 0 Å². The Balaban J connectivity index is 2.01. The average molecular weight is 246 g/mol. The van der Waals surface area contributed by atoms with Crippen LogP contribution in [0, 0.1) is 13.8 Å². The van der Waals surface area contributed by atoms with Gasteiger partial charge in [0.05, 0.1) is 0 Å². The van der Waals surface area contributed by atoms with Crippen molar-refractivity contribution >= 4 is 11.3 Å². The third-order valence-electron chi connectivity index (χ3n) is 2.99. The summed E-state index contributed by atoms with van der Waals surface area (Å²) >= 11 is 1.74. The standard InChI is InChI=1S/C14H18N2S/c1-10-3-5-13(11(2)16-10)14(15)6-4-12-7-8-17-9-12/h3,5,7-9,14H,4,6,15H2,1-2H3. The van der Waals surface area contributed by atoms with E-state index < -0.39 is 0 Å². The summed E-state index contributed by atoms with van der Waals surface area (Å²) in [5.41, 5.74) is 10.9. The summed E-state index contributed by atoms with van der Waals surface area (Å²) in [5, 5.41) is 4.30. The van der Waals surface area contributed by atoms with Crippen LogP contribution in [0.3, 0.4) is 0 Å². The summed E-state index contributed by atoms with van der Waals surface area (Å²) in [4.78, 5) is 4.46. The van der Waals surface area contributed by atoms with Gasteiger partial charge in [-0.15, -0.1) is 0 Å². The smallest absolute Gasteiger partial charge is 0.0423 e. The lowest BCUT2D eigenvalue weighted by Crippen LogP contribution is -2.13. The first-order valence-corrected chi connectivity index (χ1v) is 6.82. The Morgan fingerprint density at radius 2 is 2.12 bits per heavy atom. The molecule has 2 rings (SSSR count). The van der Waals surface area contributed by atoms with Crippen molar-refractivity contribution in [1.29, 1.82) is 0 Å². The predicted octanol–water partition coefficient (Wildman–Crippen LogP) is 3.39. The lowest BCUT2D eigenvalue weighted by Gasteiger charge is -2.14. The normalized spacial score (nSPS) is 12.6. The fraction of sp³-hybridized carbons (Fsp3) is 0.357. The van der Waals surface area contributed by atoms with Gasteiger partial charge in [0, 0.05) is 17.4 Å². The Morgan fingerprint density at radius 3 is 2.76 bits per heavy atom. The van der Waals surface area contributed by atoms with Crippen molar-refractivity contribution in [2.45, 2.75) is 32.7 Å². The highest BCUT2D eigenvalue weighted by Gasteiger charge is 2.10. The van der Waals surface area contributed by atoms with Crippen molar-refractivity contribution in [2.24, 2.45) is 5.73 Å². The molecule has 2 N–H and O–H groups in total. The number of hydrogen-bond donors (Lipinski definition) is 1. The summed E-state index contributed by atoms with van der Waals surface area (Å²) in [7, 11) is 0. The van der Waals surface area contributed by atoms with Gasteiger partial charge in [-0.3, -0.25) is 4.98 Å². The van der Waals surface area contributed by atoms with Crippen molar-refractivity contribution in [3.63, 3.8) is 0 Å². The summed E-state index contributed by atoms with van der Waals surface area (Å²) in [6.45, 7) is 4.04. The Bertz CT molecular complexity index is 477. The van der Waals surface area contributed by atoms with E-state index in [0.29, 0.717) is 0 Å². The number of nitrogens with zero attached hydrogens (tertiary/aromatic N) is 1. The fourth-order valence-electron chi connectivity index (χ4n) is 2.00. The van der Waals surface area contributed by atoms with Crippen LogP contribution in [0.4, 0.5) is 0 Å². The van der Waals surface area contributed by atoms with Crippen LogP contribution in [0.1, 0.15) is 35.0 Å². The van der Waals surface area contributed by atoms with E-state index in [4.69, 9.17) is 5.73 Å². The van der Waals surface area contributed by atoms with Crippen LogP contribution in [-0.2, 0) is 6.42 Å². The molecule has 2 aromatic heterocycles. The topological polar surface area (TPSA) is 38.9 Å². The summed E-state index contributed by atoms with van der Waals surface area (Å²) in [6, 6.07) is 6.39. The Labute approximate surface area is 107 Å². The van der Waals surface area contributed by atoms with Gasteiger partial charge in [-0.1, -0.05) is 6.07 Å². The molecule has 0 saturated heterocycles. The highest BCUT2D eigenvalue weighted by molar-refractivity contribution is 7.07. The van der Waals surface area contributed by atoms with Crippen molar-refractivity contribution in [1.82, 2.24) is 4.98 Å². The quantitative estimate of drug-likeness (QED) is 0.898. The SMILES string of the molecule is Cc1ccc(C(N)CCc2ccsc2)c(C)n1. The molecule has 0 bridgehead atoms. The minimum atomic E-state index is 0.0861. The van der Waals surface area contributed by atoms with Gasteiger partial charge in [0.1, 0.15) is 0 Å². The van der Waals surface area contributed by atoms with E-state index in [9.17, 15) is 0 Å². The number of aryl methyl sites for hydroxylation is 3. The first-order chi connectivity index (χ1) is 8.16. The molecule has 1 unspecified atom stereocenters. The molecular formula is C14H18N2S. The van der Waals surface area contributed by atoms with Gasteiger partial charge in [-0.05, 0) is 60.7 Å². The molecule has 3 heteroatoms. The number of hydrogen-bond acceptors (Lipinski definition) is 3. The molecule has 0 aliphatic carbocycles. The maximum atomic E-state index is 6.23. The van der Waals surface area contributed by atoms with Crippen LogP contribution in [-0.4, -0.2) is 4.98 Å². The molecule has 2 nitrogen and oxygen atoms in total. The molecular weight excluding hydrogens is 228 g/mol. The first kappa shape index (κ1) is 12.3. The zero-order valence-corrected chi connectivity index (χ0v) is 11.1. The van der Waals surface area contributed by atoms with Crippen LogP contribution >= 0.6 is 11.3 Å². The van der Waals surface area contributed by atoms with Gasteiger partial charge in [-0.2, -0.15) is 11.3 Å². The molecule has 0 aliphatic rings. The van der Waals surface area contributed by atoms with Crippen LogP contribution in [0.25, 0.3) is 0 Å². The number of pyridine rings is 1. The molecule has 0 radical (unpaired) electrons. The first-order valence-electron chi connectivity index (χ1n) is 5.87. The third kappa shape index (κ3) is 3.14. The van der Waals surface area contributed by atoms with Gasteiger partial charge < -0.3 is 5.73 Å². The Kier molecular flexibility index (Phi) is 3.92. The van der Waals surface area contributed by atoms with E-state index in [2.05, 4.69) is 27.9 Å². The fourth-order valence-corrected chi connectivity index (χ4v) is 2.70. The molecule has 17 heavy (non-hydrogen) atoms. The number of nitrogens with two attached hydrogens (primary N) is 1. The molecule has 0 fully saturated rings. The van der Waals surface area contributed by atoms with Gasteiger partial charge in [0.2, 0.25) is 0 Å². The molecule has 0 aromatic carbocycles. The van der Waals surface area contributed by atoms with E-state index in [1.807, 2.05) is 19.9 Å². The number of aromatic nitrogens is 1. The molecule has 90 valence electrons. The summed E-state index contributed by atoms with van der Waals surface area (Å²) < 4.78 is 0. The predicted molar refractivity (Wildman–Crippen MR) is 73.3 cm³/mol. The monoisotopic (exact) mass is 246 g/mol. The second-order valence-corrected chi connectivity index (χ2v) is 5.18. The largest absolute Gasteiger partial charge is 0.324 e. The van der Waals surface area contributed by atoms with Crippen molar-refractivity contribution < 1.29 is 0 Å². The zero-order valence-electron chi connectivity index (χ0n) is 10.3. The summed E-state index contributed by atoms with van der Waals surface area (Å²) in [6.07, 6.45) is 2.01. The van der Waals surface area contributed by atoms with Gasteiger partial charge in [0.25, 0.3) is 0 Å². The number of thiophene rings is 1. The van der Waals surface area contributed by atoms with Crippen molar-refractivity contribution in [3.05, 3.63) is 51.5 Å². The molecule has 2 heterocycles. The third-order valence-corrected chi connectivity index (χ3v) is 3.72. The van der Waals surface area contributed by atoms with E-state index in [1.54, 1.807) is 11.3 Å². The summed E-state index contributed by atoms with van der Waals surface area (Å²) in [5.74, 6) is 0. The number of rotatable bonds is 4. The minimum absolute atomic E-state index is 0.0861. The highest BCUT2D eigenvalue weighted by Crippen LogP contribution is 2.20. The van der Waals surface area contributed by atoms with Crippen LogP contribution in [0.15, 0.2) is 29.0 Å². The zero-order chi connectivity index (χ0) is 12.3. The molecule has 2 aromatic rings. The van der Waals surface area contributed by atoms with E-state index >= 15 is 0 Å². The second-order valence-electron chi connectivity index (χ2n) is 4.40. The minimum Gasteiger partial charge on any atom is -0.324 e. The van der Waals surface area contributed by atoms with E-state index in [-0.39, 0.29) is 6.04 Å². The maximum Gasteiger partial charge on any atom is 0.0423 e. The maximum absolute atomic E-state index is 6.23. The molecule has 1 atom stereocenters. The highest BCUT2D eigenvalue weighted by atomic mass is 32.1. The Hall–Kier alpha value is -1.19. The lowest BCUT2D eigenvalue weighted by atomic mass is 9.99. The van der Waals surface area contributed by atoms with Crippen molar-refractivity contribution in [2.75, 3.05) is 0 Å². The Morgan fingerprint density at radius 1 is 1.29 bits per heavy atom. The van der Waals surface area contributed by atoms with Gasteiger partial charge >= 0.3 is 0 Å². The van der Waals surface area contributed by atoms with E-state index in [0.717, 1.165) is 24.2 Å². The van der Waals surface area contributed by atoms with Crippen LogP contribution in [0.2, 0.25) is 0 Å². The van der Waals surface area contributed by atoms with Crippen molar-refractivity contribution in [3.8, 4) is 0 Å². The molecule has 0 aliphatic heterocycles. The molecule has 0 amide bonds. The van der Waals surface area contributed by atoms with Crippen LogP contribution < -0.4 is 5.73 Å². The van der Waals surface area contributed by atoms with E-state index in [1.165, 1.54) is 11.1 Å². The van der Waals surface area contributed by atoms with Gasteiger partial charge in [-0.25, -0.2) is 0 Å². The molecule has 0 saturated carbocycles. The average Bonchev–Trinajstić information content (AvgIpc) is 2.78.